The predicted molar refractivity (Wildman–Crippen MR) is 104 cm³/mol. The van der Waals surface area contributed by atoms with E-state index in [9.17, 15) is 4.80 Å². The molecule has 0 fully saturated rings. The molecule has 1 N–H and O–H groups in total. The van der Waals surface area contributed by atoms with Gasteiger partial charge in [-0.25, -0.2) is 0 Å². The highest BCUT2D eigenvalue weighted by atomic mass is 29.5. The minimum Gasteiger partial charge on any atom is -0.435 e. The van der Waals surface area contributed by atoms with E-state index in [0.29, 0.717) is 8.55 Å². The van der Waals surface area contributed by atoms with Gasteiger partial charge in [-0.05, 0) is 6.04 Å². The van der Waals surface area contributed by atoms with Crippen molar-refractivity contribution >= 4 is 26.9 Å². The summed E-state index contributed by atoms with van der Waals surface area (Å²) in [7, 11) is 3.03. The van der Waals surface area contributed by atoms with Gasteiger partial charge in [0.15, 0.2) is 8.56 Å². The average Bonchev–Trinajstić information content (AvgIpc) is 2.54. The van der Waals surface area contributed by atoms with E-state index in [1.807, 2.05) is 0 Å². The van der Waals surface area contributed by atoms with Gasteiger partial charge < -0.3 is 4.80 Å². The monoisotopic (exact) mass is 354 g/mol. The van der Waals surface area contributed by atoms with Crippen LogP contribution in [0.4, 0.5) is 0 Å². The average molecular weight is 355 g/mol. The summed E-state index contributed by atoms with van der Waals surface area (Å²) in [5.74, 6) is 0. The fraction of sp³-hybridized carbons (Fsp3) is 1.00. The first-order valence-corrected chi connectivity index (χ1v) is 14.9. The lowest BCUT2D eigenvalue weighted by molar-refractivity contribution is 0.529. The van der Waals surface area contributed by atoms with Crippen molar-refractivity contribution < 1.29 is 4.80 Å². The summed E-state index contributed by atoms with van der Waals surface area (Å²) in [6, 6.07) is 1.07. The lowest BCUT2D eigenvalue weighted by Gasteiger charge is -2.05. The molecule has 0 atom stereocenters. The van der Waals surface area contributed by atoms with Gasteiger partial charge in [-0.3, -0.25) is 0 Å². The molecule has 0 heterocycles. The first kappa shape index (κ1) is 22.6. The molecule has 0 aromatic carbocycles. The quantitative estimate of drug-likeness (QED) is 0.254. The Labute approximate surface area is 147 Å². The third-order valence-electron chi connectivity index (χ3n) is 4.41. The molecule has 1 nitrogen and oxygen atoms in total. The van der Waals surface area contributed by atoms with E-state index >= 15 is 0 Å². The maximum Gasteiger partial charge on any atom is 0.182 e. The Morgan fingerprint density at radius 1 is 0.636 bits per heavy atom. The highest BCUT2D eigenvalue weighted by Crippen LogP contribution is 2.14. The van der Waals surface area contributed by atoms with Gasteiger partial charge in [-0.2, -0.15) is 0 Å². The van der Waals surface area contributed by atoms with E-state index in [-0.39, 0.29) is 0 Å². The molecule has 0 aliphatic carbocycles. The molecule has 0 unspecified atom stereocenters. The van der Waals surface area contributed by atoms with E-state index < -0.39 is 8.56 Å². The van der Waals surface area contributed by atoms with Crippen LogP contribution in [0.5, 0.6) is 0 Å². The smallest absolute Gasteiger partial charge is 0.182 e. The number of hydrogen-bond acceptors (Lipinski definition) is 1. The largest absolute Gasteiger partial charge is 0.435 e. The van der Waals surface area contributed by atoms with Crippen molar-refractivity contribution in [2.75, 3.05) is 0 Å². The van der Waals surface area contributed by atoms with E-state index in [1.54, 1.807) is 0 Å². The molecule has 0 aromatic rings. The Balaban J connectivity index is 2.97. The van der Waals surface area contributed by atoms with Gasteiger partial charge in [0.05, 0.1) is 0 Å². The standard InChI is InChI=1S/C18H38OSi3/c1-2-3-4-5-6-7-8-9-10-11-12-13-14-15-16-17-18-22(19)21-20/h19H,2-18H2,1H3. The van der Waals surface area contributed by atoms with Crippen LogP contribution in [0, 0.1) is 0 Å². The lowest BCUT2D eigenvalue weighted by Crippen LogP contribution is -2.21. The summed E-state index contributed by atoms with van der Waals surface area (Å²) in [4.78, 5) is 9.54. The molecule has 128 valence electrons. The minimum atomic E-state index is -1.01. The Morgan fingerprint density at radius 3 is 1.27 bits per heavy atom. The molecule has 0 bridgehead atoms. The molecule has 0 spiro atoms. The van der Waals surface area contributed by atoms with Crippen LogP contribution in [0.15, 0.2) is 0 Å². The molecule has 0 saturated heterocycles. The highest BCUT2D eigenvalue weighted by Gasteiger charge is 2.03. The molecule has 0 aromatic heterocycles. The van der Waals surface area contributed by atoms with E-state index in [4.69, 9.17) is 0 Å². The fourth-order valence-corrected chi connectivity index (χ4v) is 5.64. The minimum absolute atomic E-state index is 0.605. The molecule has 4 heteroatoms. The second kappa shape index (κ2) is 19.7. The summed E-state index contributed by atoms with van der Waals surface area (Å²) >= 11 is 0. The van der Waals surface area contributed by atoms with Crippen LogP contribution in [0.2, 0.25) is 6.04 Å². The Bertz CT molecular complexity index is 203. The van der Waals surface area contributed by atoms with Gasteiger partial charge in [0.1, 0.15) is 0 Å². The molecule has 0 saturated carbocycles. The van der Waals surface area contributed by atoms with E-state index in [2.05, 4.69) is 16.7 Å². The van der Waals surface area contributed by atoms with Crippen molar-refractivity contribution in [3.05, 3.63) is 0 Å². The highest BCUT2D eigenvalue weighted by molar-refractivity contribution is 7.28. The fourth-order valence-electron chi connectivity index (χ4n) is 2.90. The Morgan fingerprint density at radius 2 is 0.955 bits per heavy atom. The second-order valence-corrected chi connectivity index (χ2v) is 13.0. The summed E-state index contributed by atoms with van der Waals surface area (Å²) in [5.41, 5.74) is 0. The van der Waals surface area contributed by atoms with Crippen LogP contribution in [0.25, 0.3) is 0 Å². The van der Waals surface area contributed by atoms with Gasteiger partial charge in [-0.15, -0.1) is 0 Å². The van der Waals surface area contributed by atoms with Gasteiger partial charge in [-0.1, -0.05) is 110 Å². The number of rotatable bonds is 18. The van der Waals surface area contributed by atoms with E-state index in [0.717, 1.165) is 6.04 Å². The summed E-state index contributed by atoms with van der Waals surface area (Å²) in [5, 5.41) is 0. The zero-order valence-corrected chi connectivity index (χ0v) is 18.0. The summed E-state index contributed by atoms with van der Waals surface area (Å²) < 4.78 is 0. The van der Waals surface area contributed by atoms with Crippen molar-refractivity contribution in [1.29, 1.82) is 0 Å². The van der Waals surface area contributed by atoms with Crippen LogP contribution >= 0.6 is 0 Å². The predicted octanol–water partition coefficient (Wildman–Crippen LogP) is 5.52. The normalized spacial score (nSPS) is 11.5. The van der Waals surface area contributed by atoms with Crippen LogP contribution in [0.1, 0.15) is 110 Å². The van der Waals surface area contributed by atoms with Crippen molar-refractivity contribution in [2.45, 2.75) is 116 Å². The summed E-state index contributed by atoms with van der Waals surface area (Å²) in [6.07, 6.45) is 22.7. The molecule has 6 radical (unpaired) electrons. The summed E-state index contributed by atoms with van der Waals surface area (Å²) in [6.45, 7) is 2.29. The zero-order valence-electron chi connectivity index (χ0n) is 15.0. The molecular weight excluding hydrogens is 316 g/mol. The molecular formula is C18H38OSi3. The van der Waals surface area contributed by atoms with Gasteiger partial charge in [0.2, 0.25) is 0 Å². The lowest BCUT2D eigenvalue weighted by atomic mass is 10.0. The maximum atomic E-state index is 9.54. The SMILES string of the molecule is CCCCCCCCCCCCCCCCCC[Si](O)[Si][Si]. The Kier molecular flexibility index (Phi) is 20.2. The maximum absolute atomic E-state index is 9.54. The first-order chi connectivity index (χ1) is 10.8. The van der Waals surface area contributed by atoms with Crippen molar-refractivity contribution in [2.24, 2.45) is 0 Å². The zero-order chi connectivity index (χ0) is 16.3. The third kappa shape index (κ3) is 18.7. The third-order valence-corrected chi connectivity index (χ3v) is 9.74. The first-order valence-electron chi connectivity index (χ1n) is 9.78. The number of unbranched alkanes of at least 4 members (excludes halogenated alkanes) is 15. The Hall–Kier alpha value is 0.611. The number of hydrogen-bond donors (Lipinski definition) is 1. The van der Waals surface area contributed by atoms with Crippen molar-refractivity contribution in [1.82, 2.24) is 0 Å². The molecule has 0 aliphatic heterocycles. The van der Waals surface area contributed by atoms with Crippen molar-refractivity contribution in [3.63, 3.8) is 0 Å². The van der Waals surface area contributed by atoms with Crippen molar-refractivity contribution in [3.8, 4) is 0 Å². The molecule has 0 amide bonds. The van der Waals surface area contributed by atoms with Crippen LogP contribution in [-0.2, 0) is 0 Å². The van der Waals surface area contributed by atoms with Gasteiger partial charge in [0, 0.05) is 18.3 Å². The molecule has 22 heavy (non-hydrogen) atoms. The van der Waals surface area contributed by atoms with Crippen LogP contribution in [0.3, 0.4) is 0 Å². The van der Waals surface area contributed by atoms with Crippen LogP contribution in [-0.4, -0.2) is 31.7 Å². The van der Waals surface area contributed by atoms with Gasteiger partial charge >= 0.3 is 0 Å². The van der Waals surface area contributed by atoms with Gasteiger partial charge in [0.25, 0.3) is 0 Å². The molecule has 0 rings (SSSR count). The van der Waals surface area contributed by atoms with E-state index in [1.165, 1.54) is 103 Å². The van der Waals surface area contributed by atoms with Crippen LogP contribution < -0.4 is 0 Å². The topological polar surface area (TPSA) is 20.2 Å². The second-order valence-electron chi connectivity index (χ2n) is 6.62. The molecule has 0 aliphatic rings.